The van der Waals surface area contributed by atoms with Gasteiger partial charge in [0.25, 0.3) is 11.5 Å². The third kappa shape index (κ3) is 3.21. The fourth-order valence-electron chi connectivity index (χ4n) is 2.50. The van der Waals surface area contributed by atoms with E-state index in [2.05, 4.69) is 15.0 Å². The van der Waals surface area contributed by atoms with Crippen molar-refractivity contribution < 1.29 is 4.79 Å². The first-order chi connectivity index (χ1) is 11.5. The molecule has 0 aliphatic rings. The van der Waals surface area contributed by atoms with E-state index in [1.165, 1.54) is 0 Å². The molecule has 6 nitrogen and oxygen atoms in total. The highest BCUT2D eigenvalue weighted by Crippen LogP contribution is 2.17. The Morgan fingerprint density at radius 1 is 1.38 bits per heavy atom. The maximum atomic E-state index is 12.6. The van der Waals surface area contributed by atoms with Crippen LogP contribution in [0.1, 0.15) is 32.9 Å². The van der Waals surface area contributed by atoms with Gasteiger partial charge in [-0.25, -0.2) is 9.97 Å². The van der Waals surface area contributed by atoms with Crippen LogP contribution in [0.5, 0.6) is 0 Å². The van der Waals surface area contributed by atoms with E-state index < -0.39 is 0 Å². The lowest BCUT2D eigenvalue weighted by Crippen LogP contribution is -2.26. The maximum Gasteiger partial charge on any atom is 0.270 e. The average molecular weight is 342 g/mol. The van der Waals surface area contributed by atoms with E-state index in [0.717, 1.165) is 9.88 Å². The number of carbonyl (C=O) groups excluding carboxylic acids is 1. The van der Waals surface area contributed by atoms with Crippen LogP contribution < -0.4 is 5.56 Å². The molecule has 1 aromatic carbocycles. The number of hydrogen-bond acceptors (Lipinski definition) is 5. The van der Waals surface area contributed by atoms with Gasteiger partial charge < -0.3 is 9.88 Å². The van der Waals surface area contributed by atoms with E-state index in [9.17, 15) is 9.59 Å². The van der Waals surface area contributed by atoms with Crippen molar-refractivity contribution in [3.05, 3.63) is 55.9 Å². The van der Waals surface area contributed by atoms with Crippen LogP contribution in [0, 0.1) is 6.92 Å². The summed E-state index contributed by atoms with van der Waals surface area (Å²) in [5, 5.41) is 0.979. The molecule has 0 radical (unpaired) electrons. The number of amides is 1. The Kier molecular flexibility index (Phi) is 4.44. The van der Waals surface area contributed by atoms with Crippen LogP contribution in [-0.2, 0) is 13.0 Å². The lowest BCUT2D eigenvalue weighted by atomic mass is 10.1. The fourth-order valence-corrected chi connectivity index (χ4v) is 3.35. The molecule has 0 spiro atoms. The highest BCUT2D eigenvalue weighted by Gasteiger charge is 2.14. The van der Waals surface area contributed by atoms with Crippen molar-refractivity contribution >= 4 is 28.3 Å². The summed E-state index contributed by atoms with van der Waals surface area (Å²) in [5.41, 5.74) is 2.07. The Morgan fingerprint density at radius 2 is 2.17 bits per heavy atom. The van der Waals surface area contributed by atoms with Crippen LogP contribution in [0.3, 0.4) is 0 Å². The largest absolute Gasteiger partial charge is 0.337 e. The van der Waals surface area contributed by atoms with E-state index >= 15 is 0 Å². The molecular weight excluding hydrogens is 324 g/mol. The number of aryl methyl sites for hydroxylation is 2. The topological polar surface area (TPSA) is 79.0 Å². The van der Waals surface area contributed by atoms with Crippen LogP contribution in [0.25, 0.3) is 11.0 Å². The molecule has 0 fully saturated rings. The number of thiazole rings is 1. The number of fused-ring (bicyclic) bond motifs is 1. The predicted molar refractivity (Wildman–Crippen MR) is 94.4 cm³/mol. The molecule has 0 unspecified atom stereocenters. The minimum absolute atomic E-state index is 0.108. The molecule has 24 heavy (non-hydrogen) atoms. The van der Waals surface area contributed by atoms with E-state index in [1.807, 2.05) is 13.8 Å². The zero-order chi connectivity index (χ0) is 17.3. The summed E-state index contributed by atoms with van der Waals surface area (Å²) < 4.78 is 0. The Balaban J connectivity index is 1.87. The van der Waals surface area contributed by atoms with Gasteiger partial charge in [-0.05, 0) is 31.5 Å². The fraction of sp³-hybridized carbons (Fsp3) is 0.294. The van der Waals surface area contributed by atoms with Gasteiger partial charge >= 0.3 is 0 Å². The first kappa shape index (κ1) is 16.3. The second kappa shape index (κ2) is 6.52. The lowest BCUT2D eigenvalue weighted by Gasteiger charge is -2.16. The number of benzene rings is 1. The third-order valence-electron chi connectivity index (χ3n) is 3.75. The van der Waals surface area contributed by atoms with Crippen molar-refractivity contribution in [1.29, 1.82) is 0 Å². The van der Waals surface area contributed by atoms with Crippen LogP contribution in [0.2, 0.25) is 0 Å². The molecule has 3 rings (SSSR count). The first-order valence-electron chi connectivity index (χ1n) is 7.67. The Labute approximate surface area is 143 Å². The zero-order valence-corrected chi connectivity index (χ0v) is 14.6. The molecular formula is C17H18N4O2S. The molecule has 1 N–H and O–H groups in total. The van der Waals surface area contributed by atoms with Crippen molar-refractivity contribution in [3.8, 4) is 0 Å². The summed E-state index contributed by atoms with van der Waals surface area (Å²) >= 11 is 1.57. The van der Waals surface area contributed by atoms with Crippen molar-refractivity contribution in [1.82, 2.24) is 19.9 Å². The van der Waals surface area contributed by atoms with Gasteiger partial charge in [0.1, 0.15) is 5.69 Å². The second-order valence-electron chi connectivity index (χ2n) is 5.60. The van der Waals surface area contributed by atoms with Crippen molar-refractivity contribution in [3.63, 3.8) is 0 Å². The number of aromatic nitrogens is 3. The van der Waals surface area contributed by atoms with Crippen molar-refractivity contribution in [2.24, 2.45) is 0 Å². The summed E-state index contributed by atoms with van der Waals surface area (Å²) in [6, 6.07) is 5.19. The van der Waals surface area contributed by atoms with Crippen molar-refractivity contribution in [2.45, 2.75) is 26.8 Å². The molecule has 0 saturated carbocycles. The summed E-state index contributed by atoms with van der Waals surface area (Å²) in [7, 11) is 1.75. The maximum absolute atomic E-state index is 12.6. The van der Waals surface area contributed by atoms with E-state index in [1.54, 1.807) is 47.7 Å². The number of carbonyl (C=O) groups is 1. The Morgan fingerprint density at radius 3 is 2.83 bits per heavy atom. The van der Waals surface area contributed by atoms with Gasteiger partial charge in [0.2, 0.25) is 0 Å². The van der Waals surface area contributed by atoms with Gasteiger partial charge in [-0.2, -0.15) is 0 Å². The number of aromatic amines is 1. The first-order valence-corrected chi connectivity index (χ1v) is 8.49. The van der Waals surface area contributed by atoms with Gasteiger partial charge in [0.05, 0.1) is 22.6 Å². The van der Waals surface area contributed by atoms with Crippen LogP contribution >= 0.6 is 11.3 Å². The second-order valence-corrected chi connectivity index (χ2v) is 6.92. The minimum Gasteiger partial charge on any atom is -0.337 e. The molecule has 2 heterocycles. The van der Waals surface area contributed by atoms with Crippen LogP contribution in [0.15, 0.2) is 29.2 Å². The quantitative estimate of drug-likeness (QED) is 0.790. The van der Waals surface area contributed by atoms with Gasteiger partial charge in [0, 0.05) is 23.7 Å². The Hall–Kier alpha value is -2.54. The van der Waals surface area contributed by atoms with Gasteiger partial charge in [-0.1, -0.05) is 6.92 Å². The van der Waals surface area contributed by atoms with Crippen LogP contribution in [-0.4, -0.2) is 32.8 Å². The smallest absolute Gasteiger partial charge is 0.270 e. The molecule has 0 bridgehead atoms. The van der Waals surface area contributed by atoms with Gasteiger partial charge in [0.15, 0.2) is 0 Å². The van der Waals surface area contributed by atoms with E-state index in [-0.39, 0.29) is 11.5 Å². The molecule has 1 amide bonds. The molecule has 0 saturated heterocycles. The summed E-state index contributed by atoms with van der Waals surface area (Å²) in [5.74, 6) is -0.108. The molecule has 0 atom stereocenters. The van der Waals surface area contributed by atoms with Gasteiger partial charge in [-0.15, -0.1) is 11.3 Å². The highest BCUT2D eigenvalue weighted by atomic mass is 32.1. The molecule has 2 aromatic heterocycles. The molecule has 7 heteroatoms. The number of H-pyrrole nitrogens is 1. The number of hydrogen-bond donors (Lipinski definition) is 1. The van der Waals surface area contributed by atoms with Crippen LogP contribution in [0.4, 0.5) is 0 Å². The lowest BCUT2D eigenvalue weighted by molar-refractivity contribution is 0.0786. The number of rotatable bonds is 4. The van der Waals surface area contributed by atoms with Gasteiger partial charge in [-0.3, -0.25) is 9.59 Å². The van der Waals surface area contributed by atoms with E-state index in [4.69, 9.17) is 0 Å². The third-order valence-corrected chi connectivity index (χ3v) is 4.65. The number of nitrogens with one attached hydrogen (secondary N) is 1. The standard InChI is InChI=1S/C17H18N4O2S/c1-4-13-16(22)20-15-7-11(5-6-14(15)19-13)17(23)21(3)9-12-8-18-10(2)24-12/h5-8H,4,9H2,1-3H3,(H,20,22). The summed E-state index contributed by atoms with van der Waals surface area (Å²) in [6.45, 7) is 4.33. The zero-order valence-electron chi connectivity index (χ0n) is 13.8. The monoisotopic (exact) mass is 342 g/mol. The van der Waals surface area contributed by atoms with E-state index in [0.29, 0.717) is 35.3 Å². The number of nitrogens with zero attached hydrogens (tertiary/aromatic N) is 3. The minimum atomic E-state index is -0.205. The Bertz CT molecular complexity index is 961. The predicted octanol–water partition coefficient (Wildman–Crippen LogP) is 2.52. The van der Waals surface area contributed by atoms with Crippen molar-refractivity contribution in [2.75, 3.05) is 7.05 Å². The highest BCUT2D eigenvalue weighted by molar-refractivity contribution is 7.11. The average Bonchev–Trinajstić information content (AvgIpc) is 2.97. The molecule has 0 aliphatic heterocycles. The molecule has 3 aromatic rings. The SMILES string of the molecule is CCc1nc2ccc(C(=O)N(C)Cc3cnc(C)s3)cc2[nH]c1=O. The summed E-state index contributed by atoms with van der Waals surface area (Å²) in [6.07, 6.45) is 2.36. The normalized spacial score (nSPS) is 11.0. The molecule has 0 aliphatic carbocycles. The molecule has 124 valence electrons. The summed E-state index contributed by atoms with van der Waals surface area (Å²) in [4.78, 5) is 38.5.